The number of imidazole rings is 1. The number of amides is 2. The molecule has 2 aromatic carbocycles. The number of aliphatic hydroxyl groups excluding tert-OH is 1. The summed E-state index contributed by atoms with van der Waals surface area (Å²) < 4.78 is 71.3. The molecule has 0 aliphatic carbocycles. The van der Waals surface area contributed by atoms with Gasteiger partial charge in [0.05, 0.1) is 58.7 Å². The molecule has 0 saturated carbocycles. The number of esters is 2. The molecule has 2 amide bonds. The van der Waals surface area contributed by atoms with Crippen LogP contribution in [0.3, 0.4) is 0 Å². The SMILES string of the molecule is CCCCCCCCCCCCCCCCCCOc1cc(C(=O)N(C)CCOC(=O)CCC(=O)OC2C[C@H](n3cc(C)c(=O)[nH]c3=O)O[C@@H]2COP(=O)(O)OC2C[C@H](n3cnc4c(NC(=O)c5ccccc5)ncnc43)O[C@@H]2CO)cc(OCCCCCCCCCCCCCCCCCC)c1OCCCCCCCCCCCCCCCCCC. The van der Waals surface area contributed by atoms with Gasteiger partial charge in [-0.1, -0.05) is 328 Å². The molecule has 122 heavy (non-hydrogen) atoms. The summed E-state index contributed by atoms with van der Waals surface area (Å²) >= 11 is 0. The number of aryl methyl sites for hydroxylation is 1. The van der Waals surface area contributed by atoms with Crippen molar-refractivity contribution in [1.29, 1.82) is 0 Å². The van der Waals surface area contributed by atoms with Crippen molar-refractivity contribution < 1.29 is 75.9 Å². The van der Waals surface area contributed by atoms with E-state index in [4.69, 9.17) is 42.2 Å². The first kappa shape index (κ1) is 102. The standard InChI is InChI=1S/C95H153N8O18P/c1-6-9-12-15-18-21-24-27-30-33-36-39-42-45-48-54-62-113-80-66-77(67-81(114-63-55-49-46-43-40-37-34-31-28-25-22-19-16-13-10-7-2)89(80)116-64-56-50-47-44-41-38-35-32-29-26-23-20-17-14-11-8-3)94(109)101(5)61-65-115-86(105)59-60-87(106)120-78-68-84(102-70-75(4)92(107)100-95(102)110)119-83(78)72-117-122(111,112)121-79-69-85(118-82(79)71-104)103-74-98-88-90(96-73-97-91(88)103)99-93(108)76-57-52-51-53-58-76/h51-53,57-58,66-67,70,73-74,78-79,82-85,104H,6-50,54-56,59-65,68-69,71-72H2,1-5H3,(H,111,112)(H,100,107,110)(H,96,97,99,108)/t78?,79?,82-,83-,84-,85-/m1/s1. The Kier molecular flexibility index (Phi) is 51.3. The minimum Gasteiger partial charge on any atom is -0.490 e. The number of carbonyl (C=O) groups excluding carboxylic acids is 4. The number of hydrogen-bond donors (Lipinski definition) is 4. The molecule has 2 saturated heterocycles. The molecule has 27 heteroatoms. The zero-order valence-electron chi connectivity index (χ0n) is 75.0. The maximum atomic E-state index is 14.6. The Morgan fingerprint density at radius 1 is 0.541 bits per heavy atom. The van der Waals surface area contributed by atoms with Crippen molar-refractivity contribution in [2.24, 2.45) is 0 Å². The van der Waals surface area contributed by atoms with E-state index in [-0.39, 0.29) is 54.4 Å². The number of phosphoric ester groups is 1. The number of rotatable bonds is 72. The van der Waals surface area contributed by atoms with Crippen molar-refractivity contribution in [2.45, 2.75) is 398 Å². The van der Waals surface area contributed by atoms with Gasteiger partial charge in [0.1, 0.15) is 49.8 Å². The van der Waals surface area contributed by atoms with E-state index in [1.54, 1.807) is 49.5 Å². The third kappa shape index (κ3) is 39.6. The lowest BCUT2D eigenvalue weighted by Crippen LogP contribution is -2.33. The van der Waals surface area contributed by atoms with Gasteiger partial charge in [-0.05, 0) is 50.5 Å². The van der Waals surface area contributed by atoms with Crippen molar-refractivity contribution >= 4 is 48.6 Å². The topological polar surface area (TPSA) is 323 Å². The van der Waals surface area contributed by atoms with Gasteiger partial charge in [0.2, 0.25) is 5.75 Å². The van der Waals surface area contributed by atoms with Crippen LogP contribution in [0.5, 0.6) is 17.2 Å². The Bertz CT molecular complexity index is 3820. The Morgan fingerprint density at radius 3 is 1.45 bits per heavy atom. The van der Waals surface area contributed by atoms with Crippen LogP contribution >= 0.6 is 7.82 Å². The average Bonchev–Trinajstić information content (AvgIpc) is 1.42. The summed E-state index contributed by atoms with van der Waals surface area (Å²) in [5.41, 5.74) is -0.0876. The Hall–Kier alpha value is -7.06. The molecule has 2 aliphatic rings. The van der Waals surface area contributed by atoms with Crippen LogP contribution in [0.2, 0.25) is 0 Å². The number of ether oxygens (including phenoxy) is 7. The van der Waals surface area contributed by atoms with Gasteiger partial charge in [0.25, 0.3) is 17.4 Å². The maximum absolute atomic E-state index is 14.6. The number of phosphoric acid groups is 1. The first-order valence-electron chi connectivity index (χ1n) is 47.6. The van der Waals surface area contributed by atoms with Gasteiger partial charge in [0.15, 0.2) is 28.5 Å². The van der Waals surface area contributed by atoms with Crippen LogP contribution in [0.15, 0.2) is 70.9 Å². The van der Waals surface area contributed by atoms with Gasteiger partial charge < -0.3 is 53.4 Å². The fourth-order valence-corrected chi connectivity index (χ4v) is 17.0. The lowest BCUT2D eigenvalue weighted by molar-refractivity contribution is -0.156. The molecule has 5 aromatic rings. The predicted molar refractivity (Wildman–Crippen MR) is 479 cm³/mol. The van der Waals surface area contributed by atoms with Crippen molar-refractivity contribution in [3.05, 3.63) is 98.8 Å². The summed E-state index contributed by atoms with van der Waals surface area (Å²) in [6, 6.07) is 12.0. The Labute approximate surface area is 727 Å². The smallest absolute Gasteiger partial charge is 0.472 e. The molecule has 3 unspecified atom stereocenters. The van der Waals surface area contributed by atoms with Gasteiger partial charge in [-0.3, -0.25) is 47.1 Å². The molecule has 686 valence electrons. The van der Waals surface area contributed by atoms with Crippen LogP contribution in [0.25, 0.3) is 11.2 Å². The fourth-order valence-electron chi connectivity index (χ4n) is 16.1. The summed E-state index contributed by atoms with van der Waals surface area (Å²) in [6.07, 6.45) is 56.4. The molecular weight excluding hydrogens is 1570 g/mol. The van der Waals surface area contributed by atoms with Gasteiger partial charge in [-0.25, -0.2) is 24.3 Å². The number of H-pyrrole nitrogens is 1. The van der Waals surface area contributed by atoms with Crippen LogP contribution in [-0.4, -0.2) is 145 Å². The van der Waals surface area contributed by atoms with E-state index < -0.39 is 99.8 Å². The van der Waals surface area contributed by atoms with Crippen LogP contribution in [-0.2, 0) is 42.1 Å². The highest BCUT2D eigenvalue weighted by Crippen LogP contribution is 2.50. The highest BCUT2D eigenvalue weighted by Gasteiger charge is 2.45. The number of aliphatic hydroxyl groups is 1. The molecule has 2 fully saturated rings. The second-order valence-electron chi connectivity index (χ2n) is 33.9. The van der Waals surface area contributed by atoms with E-state index >= 15 is 0 Å². The minimum atomic E-state index is -5.07. The van der Waals surface area contributed by atoms with Crippen molar-refractivity contribution in [1.82, 2.24) is 34.0 Å². The van der Waals surface area contributed by atoms with E-state index in [0.29, 0.717) is 48.2 Å². The highest BCUT2D eigenvalue weighted by atomic mass is 31.2. The van der Waals surface area contributed by atoms with Gasteiger partial charge in [0, 0.05) is 42.8 Å². The normalized spacial score (nSPS) is 16.9. The number of hydrogen-bond acceptors (Lipinski definition) is 20. The number of fused-ring (bicyclic) bond motifs is 1. The largest absolute Gasteiger partial charge is 0.490 e. The summed E-state index contributed by atoms with van der Waals surface area (Å²) in [6.45, 7) is 8.13. The summed E-state index contributed by atoms with van der Waals surface area (Å²) in [5, 5.41) is 13.1. The van der Waals surface area contributed by atoms with Gasteiger partial charge >= 0.3 is 25.5 Å². The van der Waals surface area contributed by atoms with E-state index in [9.17, 15) is 43.3 Å². The lowest BCUT2D eigenvalue weighted by atomic mass is 10.0. The second kappa shape index (κ2) is 61.3. The lowest BCUT2D eigenvalue weighted by Gasteiger charge is -2.23. The fraction of sp³-hybridized carbons (Fsp3) is 0.737. The highest BCUT2D eigenvalue weighted by molar-refractivity contribution is 7.47. The molecule has 5 heterocycles. The monoisotopic (exact) mass is 1730 g/mol. The Balaban J connectivity index is 0.931. The molecule has 0 bridgehead atoms. The number of anilines is 1. The van der Waals surface area contributed by atoms with Gasteiger partial charge in [-0.2, -0.15) is 0 Å². The quantitative estimate of drug-likeness (QED) is 0.0160. The summed E-state index contributed by atoms with van der Waals surface area (Å²) in [5.74, 6) is -0.826. The van der Waals surface area contributed by atoms with E-state index in [1.165, 1.54) is 286 Å². The third-order valence-corrected chi connectivity index (χ3v) is 24.5. The molecule has 0 spiro atoms. The van der Waals surface area contributed by atoms with Crippen molar-refractivity contribution in [2.75, 3.05) is 58.6 Å². The van der Waals surface area contributed by atoms with E-state index in [0.717, 1.165) is 62.4 Å². The first-order chi connectivity index (χ1) is 59.5. The van der Waals surface area contributed by atoms with Crippen molar-refractivity contribution in [3.63, 3.8) is 0 Å². The number of aromatic amines is 1. The van der Waals surface area contributed by atoms with Crippen LogP contribution in [0.4, 0.5) is 5.82 Å². The second-order valence-corrected chi connectivity index (χ2v) is 35.3. The molecule has 7 atom stereocenters. The number of carbonyl (C=O) groups is 4. The third-order valence-electron chi connectivity index (χ3n) is 23.5. The van der Waals surface area contributed by atoms with Crippen LogP contribution < -0.4 is 30.8 Å². The molecule has 7 rings (SSSR count). The molecule has 4 N–H and O–H groups in total. The number of nitrogens with zero attached hydrogens (tertiary/aromatic N) is 6. The summed E-state index contributed by atoms with van der Waals surface area (Å²) in [4.78, 5) is 108. The number of benzene rings is 2. The van der Waals surface area contributed by atoms with Gasteiger partial charge in [-0.15, -0.1) is 0 Å². The number of aromatic nitrogens is 6. The number of likely N-dealkylation sites (N-methyl/N-ethyl adjacent to an activating group) is 1. The summed E-state index contributed by atoms with van der Waals surface area (Å²) in [7, 11) is -3.45. The van der Waals surface area contributed by atoms with Crippen molar-refractivity contribution in [3.8, 4) is 17.2 Å². The molecule has 2 aliphatic heterocycles. The van der Waals surface area contributed by atoms with Crippen LogP contribution in [0.1, 0.15) is 393 Å². The maximum Gasteiger partial charge on any atom is 0.472 e. The first-order valence-corrected chi connectivity index (χ1v) is 49.1. The molecule has 26 nitrogen and oxygen atoms in total. The minimum absolute atomic E-state index is 0.00660. The number of nitrogens with one attached hydrogen (secondary N) is 2. The molecule has 0 radical (unpaired) electrons. The average molecular weight is 1730 g/mol. The number of unbranched alkanes of at least 4 members (excludes halogenated alkanes) is 45. The predicted octanol–water partition coefficient (Wildman–Crippen LogP) is 21.9. The van der Waals surface area contributed by atoms with Crippen LogP contribution in [0, 0.1) is 6.92 Å². The Morgan fingerprint density at radius 2 is 0.975 bits per heavy atom. The zero-order chi connectivity index (χ0) is 87.0. The zero-order valence-corrected chi connectivity index (χ0v) is 75.9. The molecular formula is C95H153N8O18P. The van der Waals surface area contributed by atoms with E-state index in [2.05, 4.69) is 46.0 Å². The molecule has 3 aromatic heterocycles. The van der Waals surface area contributed by atoms with E-state index in [1.807, 2.05) is 0 Å².